The minimum absolute atomic E-state index is 0.141. The summed E-state index contributed by atoms with van der Waals surface area (Å²) in [6.07, 6.45) is 6.91. The molecule has 0 fully saturated rings. The first-order valence-electron chi connectivity index (χ1n) is 11.1. The maximum absolute atomic E-state index is 6.40. The molecule has 0 saturated carbocycles. The number of hydrogen-bond acceptors (Lipinski definition) is 3. The Labute approximate surface area is 191 Å². The molecule has 0 bridgehead atoms. The summed E-state index contributed by atoms with van der Waals surface area (Å²) in [6, 6.07) is 12.7. The molecule has 2 aromatic carbocycles. The van der Waals surface area contributed by atoms with E-state index in [4.69, 9.17) is 21.1 Å². The van der Waals surface area contributed by atoms with Gasteiger partial charge in [-0.2, -0.15) is 0 Å². The van der Waals surface area contributed by atoms with Crippen LogP contribution in [0.5, 0.6) is 11.5 Å². The number of rotatable bonds is 6. The zero-order chi connectivity index (χ0) is 22.0. The first-order chi connectivity index (χ1) is 15.0. The Bertz CT molecular complexity index is 997. The Kier molecular flexibility index (Phi) is 6.74. The summed E-state index contributed by atoms with van der Waals surface area (Å²) in [7, 11) is 3.39. The average molecular weight is 438 g/mol. The molecule has 0 aromatic heterocycles. The number of hydrogen-bond donors (Lipinski definition) is 0. The van der Waals surface area contributed by atoms with E-state index in [1.54, 1.807) is 14.2 Å². The maximum Gasteiger partial charge on any atom is 0.161 e. The van der Waals surface area contributed by atoms with E-state index in [0.29, 0.717) is 5.92 Å². The van der Waals surface area contributed by atoms with Crippen molar-refractivity contribution in [3.05, 3.63) is 81.9 Å². The van der Waals surface area contributed by atoms with Gasteiger partial charge in [-0.1, -0.05) is 47.5 Å². The van der Waals surface area contributed by atoms with Crippen molar-refractivity contribution >= 4 is 11.6 Å². The minimum atomic E-state index is 0.141. The monoisotopic (exact) mass is 437 g/mol. The predicted octanol–water partition coefficient (Wildman–Crippen LogP) is 6.61. The van der Waals surface area contributed by atoms with Crippen LogP contribution in [0, 0.1) is 5.92 Å². The smallest absolute Gasteiger partial charge is 0.161 e. The van der Waals surface area contributed by atoms with E-state index in [1.807, 2.05) is 12.1 Å². The third-order valence-corrected chi connectivity index (χ3v) is 6.98. The fourth-order valence-corrected chi connectivity index (χ4v) is 5.17. The summed E-state index contributed by atoms with van der Waals surface area (Å²) < 4.78 is 11.2. The zero-order valence-electron chi connectivity index (χ0n) is 18.8. The molecule has 2 atom stereocenters. The quantitative estimate of drug-likeness (QED) is 0.474. The van der Waals surface area contributed by atoms with Gasteiger partial charge in [0.1, 0.15) is 0 Å². The van der Waals surface area contributed by atoms with E-state index in [2.05, 4.69) is 48.7 Å². The molecule has 3 nitrogen and oxygen atoms in total. The largest absolute Gasteiger partial charge is 0.493 e. The Morgan fingerprint density at radius 3 is 2.55 bits per heavy atom. The number of ether oxygens (including phenoxy) is 2. The Balaban J connectivity index is 1.70. The predicted molar refractivity (Wildman–Crippen MR) is 128 cm³/mol. The lowest BCUT2D eigenvalue weighted by Gasteiger charge is -2.39. The van der Waals surface area contributed by atoms with E-state index >= 15 is 0 Å². The number of nitrogens with zero attached hydrogens (tertiary/aromatic N) is 1. The average Bonchev–Trinajstić information content (AvgIpc) is 2.78. The highest BCUT2D eigenvalue weighted by Crippen LogP contribution is 2.42. The van der Waals surface area contributed by atoms with Crippen molar-refractivity contribution in [2.75, 3.05) is 27.3 Å². The number of halogens is 1. The summed E-state index contributed by atoms with van der Waals surface area (Å²) in [6.45, 7) is 8.30. The van der Waals surface area contributed by atoms with E-state index in [0.717, 1.165) is 48.9 Å². The number of allylic oxidation sites excluding steroid dienone is 2. The zero-order valence-corrected chi connectivity index (χ0v) is 19.5. The van der Waals surface area contributed by atoms with E-state index in [-0.39, 0.29) is 6.04 Å². The van der Waals surface area contributed by atoms with E-state index in [1.165, 1.54) is 34.3 Å². The van der Waals surface area contributed by atoms with Crippen molar-refractivity contribution in [1.29, 1.82) is 0 Å². The van der Waals surface area contributed by atoms with E-state index < -0.39 is 0 Å². The molecule has 1 aliphatic carbocycles. The summed E-state index contributed by atoms with van der Waals surface area (Å²) in [5, 5.41) is 0.770. The lowest BCUT2D eigenvalue weighted by Crippen LogP contribution is -2.37. The van der Waals surface area contributed by atoms with Gasteiger partial charge in [-0.05, 0) is 79.5 Å². The van der Waals surface area contributed by atoms with Crippen molar-refractivity contribution < 1.29 is 9.47 Å². The molecule has 164 valence electrons. The SMILES string of the molecule is C=C(C)[C@H]1CC=C(CN2CCc3cc(OC)c(OC)cc3[C@@H]2c2cccc(Cl)c2)CC1. The molecule has 1 heterocycles. The van der Waals surface area contributed by atoms with Gasteiger partial charge in [-0.15, -0.1) is 0 Å². The molecule has 4 heteroatoms. The standard InChI is InChI=1S/C27H32ClNO2/c1-18(2)20-10-8-19(9-11-20)17-29-13-12-21-15-25(30-3)26(31-4)16-24(21)27(29)22-6-5-7-23(28)14-22/h5-8,14-16,20,27H,1,9-13,17H2,2-4H3/t20-,27-/m0/s1. The molecular weight excluding hydrogens is 406 g/mol. The second-order valence-corrected chi connectivity index (χ2v) is 9.20. The summed E-state index contributed by atoms with van der Waals surface area (Å²) >= 11 is 6.40. The van der Waals surface area contributed by atoms with Gasteiger partial charge in [0.15, 0.2) is 11.5 Å². The van der Waals surface area contributed by atoms with Gasteiger partial charge in [-0.25, -0.2) is 0 Å². The van der Waals surface area contributed by atoms with Crippen LogP contribution in [0.2, 0.25) is 5.02 Å². The van der Waals surface area contributed by atoms with Crippen molar-refractivity contribution in [1.82, 2.24) is 4.90 Å². The summed E-state index contributed by atoms with van der Waals surface area (Å²) in [5.41, 5.74) is 6.66. The lowest BCUT2D eigenvalue weighted by atomic mass is 9.84. The van der Waals surface area contributed by atoms with Crippen LogP contribution in [0.15, 0.2) is 60.2 Å². The van der Waals surface area contributed by atoms with E-state index in [9.17, 15) is 0 Å². The van der Waals surface area contributed by atoms with Crippen molar-refractivity contribution in [3.63, 3.8) is 0 Å². The van der Waals surface area contributed by atoms with Gasteiger partial charge in [0.25, 0.3) is 0 Å². The van der Waals surface area contributed by atoms with Crippen LogP contribution >= 0.6 is 11.6 Å². The minimum Gasteiger partial charge on any atom is -0.493 e. The molecule has 2 aliphatic rings. The first kappa shape index (κ1) is 22.0. The molecule has 0 spiro atoms. The second kappa shape index (κ2) is 9.50. The highest BCUT2D eigenvalue weighted by atomic mass is 35.5. The molecule has 0 amide bonds. The van der Waals surface area contributed by atoms with Crippen molar-refractivity contribution in [2.45, 2.75) is 38.6 Å². The molecule has 4 rings (SSSR count). The summed E-state index contributed by atoms with van der Waals surface area (Å²) in [5.74, 6) is 2.20. The van der Waals surface area contributed by atoms with Crippen LogP contribution in [0.3, 0.4) is 0 Å². The molecule has 0 radical (unpaired) electrons. The molecule has 1 aliphatic heterocycles. The normalized spacial score (nSPS) is 21.2. The first-order valence-corrected chi connectivity index (χ1v) is 11.5. The third kappa shape index (κ3) is 4.68. The highest BCUT2D eigenvalue weighted by Gasteiger charge is 2.31. The van der Waals surface area contributed by atoms with Gasteiger partial charge in [-0.3, -0.25) is 4.90 Å². The van der Waals surface area contributed by atoms with Gasteiger partial charge in [0.05, 0.1) is 20.3 Å². The van der Waals surface area contributed by atoms with Gasteiger partial charge in [0, 0.05) is 18.1 Å². The second-order valence-electron chi connectivity index (χ2n) is 8.76. The topological polar surface area (TPSA) is 21.7 Å². The van der Waals surface area contributed by atoms with Crippen LogP contribution in [-0.2, 0) is 6.42 Å². The van der Waals surface area contributed by atoms with Crippen molar-refractivity contribution in [3.8, 4) is 11.5 Å². The molecule has 31 heavy (non-hydrogen) atoms. The summed E-state index contributed by atoms with van der Waals surface area (Å²) in [4.78, 5) is 2.59. The maximum atomic E-state index is 6.40. The highest BCUT2D eigenvalue weighted by molar-refractivity contribution is 6.30. The van der Waals surface area contributed by atoms with Crippen LogP contribution in [0.25, 0.3) is 0 Å². The fourth-order valence-electron chi connectivity index (χ4n) is 4.98. The van der Waals surface area contributed by atoms with Crippen LogP contribution in [0.4, 0.5) is 0 Å². The fraction of sp³-hybridized carbons (Fsp3) is 0.407. The van der Waals surface area contributed by atoms with Gasteiger partial charge < -0.3 is 9.47 Å². The molecule has 0 saturated heterocycles. The number of fused-ring (bicyclic) bond motifs is 1. The Hall–Kier alpha value is -2.23. The van der Waals surface area contributed by atoms with Gasteiger partial charge in [0.2, 0.25) is 0 Å². The van der Waals surface area contributed by atoms with Crippen LogP contribution < -0.4 is 9.47 Å². The van der Waals surface area contributed by atoms with Crippen LogP contribution in [0.1, 0.15) is 48.9 Å². The van der Waals surface area contributed by atoms with Crippen molar-refractivity contribution in [2.24, 2.45) is 5.92 Å². The number of benzene rings is 2. The number of methoxy groups -OCH3 is 2. The lowest BCUT2D eigenvalue weighted by molar-refractivity contribution is 0.226. The third-order valence-electron chi connectivity index (χ3n) is 6.75. The molecular formula is C27H32ClNO2. The molecule has 0 unspecified atom stereocenters. The van der Waals surface area contributed by atoms with Crippen LogP contribution in [-0.4, -0.2) is 32.2 Å². The molecule has 2 aromatic rings. The molecule has 0 N–H and O–H groups in total. The van der Waals surface area contributed by atoms with Gasteiger partial charge >= 0.3 is 0 Å². The Morgan fingerprint density at radius 1 is 1.13 bits per heavy atom. The Morgan fingerprint density at radius 2 is 1.90 bits per heavy atom.